The molecule has 0 saturated carbocycles. The average Bonchev–Trinajstić information content (AvgIpc) is 2.90. The summed E-state index contributed by atoms with van der Waals surface area (Å²) in [6.45, 7) is 6.76. The van der Waals surface area contributed by atoms with Crippen molar-refractivity contribution in [1.82, 2.24) is 4.90 Å². The van der Waals surface area contributed by atoms with Crippen molar-refractivity contribution in [1.29, 1.82) is 0 Å². The van der Waals surface area contributed by atoms with Gasteiger partial charge in [-0.25, -0.2) is 0 Å². The van der Waals surface area contributed by atoms with Gasteiger partial charge in [0.05, 0.1) is 13.2 Å². The Balaban J connectivity index is 2.31. The lowest BCUT2D eigenvalue weighted by Crippen LogP contribution is -2.34. The number of β-amino-alcohol motifs (C(OH)–C–C–N with tert-alkyl or cyclic N) is 1. The van der Waals surface area contributed by atoms with Crippen LogP contribution in [-0.2, 0) is 4.79 Å². The summed E-state index contributed by atoms with van der Waals surface area (Å²) in [7, 11) is 0. The third-order valence-corrected chi connectivity index (χ3v) is 4.38. The summed E-state index contributed by atoms with van der Waals surface area (Å²) < 4.78 is 2.19. The number of hydrogen-bond acceptors (Lipinski definition) is 4. The molecule has 0 spiro atoms. The van der Waals surface area contributed by atoms with E-state index in [0.29, 0.717) is 13.1 Å². The minimum absolute atomic E-state index is 0.0692. The van der Waals surface area contributed by atoms with Gasteiger partial charge in [0, 0.05) is 18.8 Å². The van der Waals surface area contributed by atoms with Gasteiger partial charge in [-0.2, -0.15) is 0 Å². The maximum absolute atomic E-state index is 10.7. The smallest absolute Gasteiger partial charge is 0.247 e. The normalized spacial score (nSPS) is 14.6. The Morgan fingerprint density at radius 1 is 1.26 bits per heavy atom. The highest BCUT2D eigenvalue weighted by atomic mass is 16.4. The second-order valence-electron chi connectivity index (χ2n) is 6.18. The van der Waals surface area contributed by atoms with E-state index in [2.05, 4.69) is 16.1 Å². The summed E-state index contributed by atoms with van der Waals surface area (Å²) in [6, 6.07) is 0. The number of aliphatic hydroxyl groups is 1. The van der Waals surface area contributed by atoms with Crippen molar-refractivity contribution in [2.24, 2.45) is 0 Å². The molecule has 5 heteroatoms. The number of carbonyl (C=O) groups is 1. The number of aliphatic carboxylic acids is 1. The van der Waals surface area contributed by atoms with E-state index >= 15 is 0 Å². The number of aliphatic hydroxyl groups excluding tert-OH is 1. The van der Waals surface area contributed by atoms with Crippen LogP contribution in [-0.4, -0.2) is 59.2 Å². The zero-order chi connectivity index (χ0) is 16.9. The van der Waals surface area contributed by atoms with Crippen LogP contribution in [0.15, 0.2) is 12.7 Å². The van der Waals surface area contributed by atoms with Crippen molar-refractivity contribution < 1.29 is 19.6 Å². The number of carboxylic acid groups (broad SMARTS) is 1. The van der Waals surface area contributed by atoms with E-state index in [4.69, 9.17) is 0 Å². The van der Waals surface area contributed by atoms with E-state index in [1.807, 2.05) is 6.08 Å². The number of nitrogens with zero attached hydrogens (tertiary/aromatic N) is 2. The fraction of sp³-hybridized carbons (Fsp3) is 0.778. The van der Waals surface area contributed by atoms with Gasteiger partial charge in [0.1, 0.15) is 19.6 Å². The minimum Gasteiger partial charge on any atom is -0.550 e. The number of amidine groups is 1. The first-order chi connectivity index (χ1) is 11.2. The molecule has 0 atom stereocenters. The van der Waals surface area contributed by atoms with Crippen LogP contribution in [0.25, 0.3) is 0 Å². The van der Waals surface area contributed by atoms with Gasteiger partial charge >= 0.3 is 0 Å². The molecule has 0 aliphatic carbocycles. The molecule has 0 aromatic heterocycles. The lowest BCUT2D eigenvalue weighted by molar-refractivity contribution is -0.521. The Morgan fingerprint density at radius 2 is 1.96 bits per heavy atom. The zero-order valence-electron chi connectivity index (χ0n) is 14.3. The first-order valence-corrected chi connectivity index (χ1v) is 8.96. The predicted molar refractivity (Wildman–Crippen MR) is 90.4 cm³/mol. The molecule has 5 nitrogen and oxygen atoms in total. The monoisotopic (exact) mass is 324 g/mol. The van der Waals surface area contributed by atoms with Crippen LogP contribution in [0.4, 0.5) is 0 Å². The second kappa shape index (κ2) is 12.1. The summed E-state index contributed by atoms with van der Waals surface area (Å²) in [4.78, 5) is 12.8. The molecule has 0 saturated heterocycles. The number of rotatable bonds is 14. The maximum Gasteiger partial charge on any atom is 0.247 e. The SMILES string of the molecule is C=CCCCCCCCCC1=[N+](CCO)CCN1CCC(=O)[O-]. The topological polar surface area (TPSA) is 66.6 Å². The van der Waals surface area contributed by atoms with E-state index in [9.17, 15) is 15.0 Å². The zero-order valence-corrected chi connectivity index (χ0v) is 14.3. The summed E-state index contributed by atoms with van der Waals surface area (Å²) in [5, 5.41) is 19.8. The van der Waals surface area contributed by atoms with Crippen molar-refractivity contribution in [2.45, 2.75) is 57.8 Å². The van der Waals surface area contributed by atoms with Gasteiger partial charge in [-0.15, -0.1) is 6.58 Å². The number of carboxylic acids is 1. The first-order valence-electron chi connectivity index (χ1n) is 8.96. The molecule has 0 aromatic carbocycles. The highest BCUT2D eigenvalue weighted by Gasteiger charge is 2.28. The van der Waals surface area contributed by atoms with E-state index in [0.717, 1.165) is 32.4 Å². The summed E-state index contributed by atoms with van der Waals surface area (Å²) >= 11 is 0. The molecule has 1 N–H and O–H groups in total. The van der Waals surface area contributed by atoms with Crippen molar-refractivity contribution >= 4 is 11.8 Å². The standard InChI is InChI=1S/C18H32N2O3/c1-2-3-4-5-6-7-8-9-10-17-19(12-11-18(22)23)13-14-20(17)15-16-21/h2,21H,1,3-16H2. The van der Waals surface area contributed by atoms with Crippen LogP contribution in [0.1, 0.15) is 57.8 Å². The van der Waals surface area contributed by atoms with E-state index in [1.54, 1.807) is 0 Å². The van der Waals surface area contributed by atoms with E-state index in [1.165, 1.54) is 37.9 Å². The fourth-order valence-corrected chi connectivity index (χ4v) is 3.12. The number of carbonyl (C=O) groups excluding carboxylic acids is 1. The van der Waals surface area contributed by atoms with Gasteiger partial charge < -0.3 is 15.0 Å². The molecule has 0 fully saturated rings. The third-order valence-electron chi connectivity index (χ3n) is 4.38. The molecule has 1 heterocycles. The molecular formula is C18H32N2O3. The average molecular weight is 324 g/mol. The summed E-state index contributed by atoms with van der Waals surface area (Å²) in [5.74, 6) is 0.205. The largest absolute Gasteiger partial charge is 0.550 e. The van der Waals surface area contributed by atoms with Crippen LogP contribution in [0.3, 0.4) is 0 Å². The van der Waals surface area contributed by atoms with Gasteiger partial charge in [-0.1, -0.05) is 31.8 Å². The quantitative estimate of drug-likeness (QED) is 0.296. The minimum atomic E-state index is -0.996. The second-order valence-corrected chi connectivity index (χ2v) is 6.18. The molecule has 0 amide bonds. The molecule has 132 valence electrons. The van der Waals surface area contributed by atoms with Crippen LogP contribution in [0.5, 0.6) is 0 Å². The molecule has 1 aliphatic heterocycles. The number of hydrogen-bond donors (Lipinski definition) is 1. The van der Waals surface area contributed by atoms with Crippen molar-refractivity contribution in [3.8, 4) is 0 Å². The molecule has 0 unspecified atom stereocenters. The lowest BCUT2D eigenvalue weighted by atomic mass is 10.1. The Kier molecular flexibility index (Phi) is 10.4. The van der Waals surface area contributed by atoms with Gasteiger partial charge in [0.2, 0.25) is 5.84 Å². The molecule has 0 radical (unpaired) electrons. The Hall–Kier alpha value is -1.36. The van der Waals surface area contributed by atoms with E-state index < -0.39 is 5.97 Å². The molecule has 23 heavy (non-hydrogen) atoms. The van der Waals surface area contributed by atoms with Crippen LogP contribution in [0.2, 0.25) is 0 Å². The summed E-state index contributed by atoms with van der Waals surface area (Å²) in [6.07, 6.45) is 11.5. The van der Waals surface area contributed by atoms with Crippen molar-refractivity contribution in [3.63, 3.8) is 0 Å². The Bertz CT molecular complexity index is 394. The number of unbranched alkanes of at least 4 members (excludes halogenated alkanes) is 6. The van der Waals surface area contributed by atoms with Gasteiger partial charge in [0.15, 0.2) is 0 Å². The van der Waals surface area contributed by atoms with Crippen LogP contribution >= 0.6 is 0 Å². The molecular weight excluding hydrogens is 292 g/mol. The van der Waals surface area contributed by atoms with Crippen LogP contribution in [0, 0.1) is 0 Å². The molecule has 0 bridgehead atoms. The van der Waals surface area contributed by atoms with E-state index in [-0.39, 0.29) is 13.0 Å². The van der Waals surface area contributed by atoms with Crippen LogP contribution < -0.4 is 5.11 Å². The Morgan fingerprint density at radius 3 is 2.61 bits per heavy atom. The molecule has 0 aromatic rings. The third kappa shape index (κ3) is 8.16. The van der Waals surface area contributed by atoms with Crippen molar-refractivity contribution in [2.75, 3.05) is 32.8 Å². The highest BCUT2D eigenvalue weighted by molar-refractivity contribution is 5.79. The fourth-order valence-electron chi connectivity index (χ4n) is 3.12. The maximum atomic E-state index is 10.7. The lowest BCUT2D eigenvalue weighted by Gasteiger charge is -2.14. The van der Waals surface area contributed by atoms with Crippen molar-refractivity contribution in [3.05, 3.63) is 12.7 Å². The van der Waals surface area contributed by atoms with Gasteiger partial charge in [-0.05, 0) is 19.3 Å². The summed E-state index contributed by atoms with van der Waals surface area (Å²) in [5.41, 5.74) is 0. The highest BCUT2D eigenvalue weighted by Crippen LogP contribution is 2.13. The Labute approximate surface area is 140 Å². The van der Waals surface area contributed by atoms with Gasteiger partial charge in [0.25, 0.3) is 0 Å². The molecule has 1 aliphatic rings. The predicted octanol–water partition coefficient (Wildman–Crippen LogP) is 1.15. The first kappa shape index (κ1) is 19.7. The molecule has 1 rings (SSSR count). The van der Waals surface area contributed by atoms with Gasteiger partial charge in [-0.3, -0.25) is 9.48 Å². The number of allylic oxidation sites excluding steroid dienone is 1.